The molecular formula is C17H26N2. The molecule has 1 unspecified atom stereocenters. The Bertz CT molecular complexity index is 397. The van der Waals surface area contributed by atoms with E-state index in [0.29, 0.717) is 6.04 Å². The largest absolute Gasteiger partial charge is 0.309 e. The van der Waals surface area contributed by atoms with E-state index in [1.165, 1.54) is 43.6 Å². The number of nitrogens with one attached hydrogen (secondary N) is 1. The summed E-state index contributed by atoms with van der Waals surface area (Å²) in [4.78, 5) is 2.54. The molecule has 0 bridgehead atoms. The van der Waals surface area contributed by atoms with Gasteiger partial charge < -0.3 is 10.2 Å². The van der Waals surface area contributed by atoms with Gasteiger partial charge in [-0.25, -0.2) is 0 Å². The second-order valence-electron chi connectivity index (χ2n) is 5.51. The SMILES string of the molecule is CCN1CCCC(NCC(C)=Cc2ccccc2)C1. The highest BCUT2D eigenvalue weighted by Crippen LogP contribution is 2.10. The van der Waals surface area contributed by atoms with Gasteiger partial charge in [-0.05, 0) is 38.4 Å². The van der Waals surface area contributed by atoms with Crippen molar-refractivity contribution in [2.24, 2.45) is 0 Å². The molecule has 1 aliphatic rings. The Labute approximate surface area is 117 Å². The first-order valence-corrected chi connectivity index (χ1v) is 7.46. The molecule has 0 amide bonds. The van der Waals surface area contributed by atoms with Crippen molar-refractivity contribution >= 4 is 6.08 Å². The van der Waals surface area contributed by atoms with Crippen molar-refractivity contribution in [2.45, 2.75) is 32.7 Å². The van der Waals surface area contributed by atoms with Crippen LogP contribution in [-0.4, -0.2) is 37.1 Å². The van der Waals surface area contributed by atoms with Crippen LogP contribution in [-0.2, 0) is 0 Å². The lowest BCUT2D eigenvalue weighted by atomic mass is 10.1. The number of benzene rings is 1. The highest BCUT2D eigenvalue weighted by molar-refractivity contribution is 5.52. The third-order valence-electron chi connectivity index (χ3n) is 3.83. The second-order valence-corrected chi connectivity index (χ2v) is 5.51. The zero-order valence-corrected chi connectivity index (χ0v) is 12.2. The number of nitrogens with zero attached hydrogens (tertiary/aromatic N) is 1. The predicted octanol–water partition coefficient (Wildman–Crippen LogP) is 3.16. The minimum Gasteiger partial charge on any atom is -0.309 e. The maximum absolute atomic E-state index is 3.70. The predicted molar refractivity (Wildman–Crippen MR) is 83.2 cm³/mol. The van der Waals surface area contributed by atoms with Crippen molar-refractivity contribution in [3.63, 3.8) is 0 Å². The molecule has 1 atom stereocenters. The topological polar surface area (TPSA) is 15.3 Å². The maximum Gasteiger partial charge on any atom is 0.0198 e. The van der Waals surface area contributed by atoms with Crippen molar-refractivity contribution < 1.29 is 0 Å². The van der Waals surface area contributed by atoms with Crippen LogP contribution in [0, 0.1) is 0 Å². The smallest absolute Gasteiger partial charge is 0.0198 e. The third kappa shape index (κ3) is 4.81. The van der Waals surface area contributed by atoms with Gasteiger partial charge in [0.15, 0.2) is 0 Å². The number of hydrogen-bond acceptors (Lipinski definition) is 2. The number of hydrogen-bond donors (Lipinski definition) is 1. The van der Waals surface area contributed by atoms with Crippen molar-refractivity contribution in [1.29, 1.82) is 0 Å². The van der Waals surface area contributed by atoms with Crippen molar-refractivity contribution in [3.8, 4) is 0 Å². The summed E-state index contributed by atoms with van der Waals surface area (Å²) in [5.41, 5.74) is 2.69. The average molecular weight is 258 g/mol. The van der Waals surface area contributed by atoms with E-state index in [4.69, 9.17) is 0 Å². The molecule has 1 heterocycles. The first-order valence-electron chi connectivity index (χ1n) is 7.46. The van der Waals surface area contributed by atoms with E-state index in [0.717, 1.165) is 6.54 Å². The minimum atomic E-state index is 0.660. The van der Waals surface area contributed by atoms with Crippen LogP contribution in [0.25, 0.3) is 6.08 Å². The van der Waals surface area contributed by atoms with Crippen LogP contribution >= 0.6 is 0 Å². The molecule has 0 aliphatic carbocycles. The first-order chi connectivity index (χ1) is 9.28. The number of likely N-dealkylation sites (N-methyl/N-ethyl adjacent to an activating group) is 1. The summed E-state index contributed by atoms with van der Waals surface area (Å²) < 4.78 is 0. The van der Waals surface area contributed by atoms with E-state index in [9.17, 15) is 0 Å². The standard InChI is InChI=1S/C17H26N2/c1-3-19-11-7-10-17(14-19)18-13-15(2)12-16-8-5-4-6-9-16/h4-6,8-9,12,17-18H,3,7,10-11,13-14H2,1-2H3. The van der Waals surface area contributed by atoms with E-state index in [1.807, 2.05) is 0 Å². The van der Waals surface area contributed by atoms with E-state index < -0.39 is 0 Å². The van der Waals surface area contributed by atoms with Crippen LogP contribution in [0.4, 0.5) is 0 Å². The van der Waals surface area contributed by atoms with Gasteiger partial charge in [0.05, 0.1) is 0 Å². The molecule has 1 aromatic carbocycles. The Morgan fingerprint density at radius 3 is 2.89 bits per heavy atom. The molecule has 1 fully saturated rings. The zero-order chi connectivity index (χ0) is 13.5. The van der Waals surface area contributed by atoms with Gasteiger partial charge >= 0.3 is 0 Å². The minimum absolute atomic E-state index is 0.660. The Kier molecular flexibility index (Phi) is 5.62. The molecule has 2 heteroatoms. The Morgan fingerprint density at radius 2 is 2.16 bits per heavy atom. The first kappa shape index (κ1) is 14.3. The van der Waals surface area contributed by atoms with Gasteiger partial charge in [0.2, 0.25) is 0 Å². The molecule has 19 heavy (non-hydrogen) atoms. The van der Waals surface area contributed by atoms with Gasteiger partial charge in [0, 0.05) is 19.1 Å². The van der Waals surface area contributed by atoms with Crippen molar-refractivity contribution in [1.82, 2.24) is 10.2 Å². The van der Waals surface area contributed by atoms with Crippen LogP contribution < -0.4 is 5.32 Å². The molecule has 0 saturated carbocycles. The molecule has 1 N–H and O–H groups in total. The third-order valence-corrected chi connectivity index (χ3v) is 3.83. The quantitative estimate of drug-likeness (QED) is 0.872. The molecule has 104 valence electrons. The Morgan fingerprint density at radius 1 is 1.37 bits per heavy atom. The van der Waals surface area contributed by atoms with E-state index in [1.54, 1.807) is 0 Å². The summed E-state index contributed by atoms with van der Waals surface area (Å²) >= 11 is 0. The summed E-state index contributed by atoms with van der Waals surface area (Å²) in [5, 5.41) is 3.70. The second kappa shape index (κ2) is 7.46. The molecule has 1 aliphatic heterocycles. The fourth-order valence-corrected chi connectivity index (χ4v) is 2.70. The lowest BCUT2D eigenvalue weighted by Crippen LogP contribution is -2.45. The van der Waals surface area contributed by atoms with Gasteiger partial charge in [0.1, 0.15) is 0 Å². The molecule has 0 spiro atoms. The van der Waals surface area contributed by atoms with E-state index >= 15 is 0 Å². The van der Waals surface area contributed by atoms with Crippen LogP contribution in [0.1, 0.15) is 32.3 Å². The van der Waals surface area contributed by atoms with Gasteiger partial charge in [-0.15, -0.1) is 0 Å². The highest BCUT2D eigenvalue weighted by Gasteiger charge is 2.17. The molecule has 1 saturated heterocycles. The maximum atomic E-state index is 3.70. The summed E-state index contributed by atoms with van der Waals surface area (Å²) in [6.07, 6.45) is 4.91. The summed E-state index contributed by atoms with van der Waals surface area (Å²) in [5.74, 6) is 0. The summed E-state index contributed by atoms with van der Waals surface area (Å²) in [7, 11) is 0. The van der Waals surface area contributed by atoms with E-state index in [2.05, 4.69) is 60.5 Å². The number of rotatable bonds is 5. The van der Waals surface area contributed by atoms with Gasteiger partial charge in [-0.1, -0.05) is 48.9 Å². The van der Waals surface area contributed by atoms with Gasteiger partial charge in [-0.3, -0.25) is 0 Å². The number of likely N-dealkylation sites (tertiary alicyclic amines) is 1. The van der Waals surface area contributed by atoms with Crippen molar-refractivity contribution in [3.05, 3.63) is 41.5 Å². The molecule has 2 rings (SSSR count). The Balaban J connectivity index is 1.80. The molecule has 0 aromatic heterocycles. The fraction of sp³-hybridized carbons (Fsp3) is 0.529. The highest BCUT2D eigenvalue weighted by atomic mass is 15.2. The average Bonchev–Trinajstić information content (AvgIpc) is 2.46. The number of piperidine rings is 1. The summed E-state index contributed by atoms with van der Waals surface area (Å²) in [6.45, 7) is 9.11. The Hall–Kier alpha value is -1.12. The zero-order valence-electron chi connectivity index (χ0n) is 12.2. The molecule has 1 aromatic rings. The summed E-state index contributed by atoms with van der Waals surface area (Å²) in [6, 6.07) is 11.2. The lowest BCUT2D eigenvalue weighted by Gasteiger charge is -2.32. The van der Waals surface area contributed by atoms with Crippen LogP contribution in [0.5, 0.6) is 0 Å². The van der Waals surface area contributed by atoms with Crippen LogP contribution in [0.3, 0.4) is 0 Å². The fourth-order valence-electron chi connectivity index (χ4n) is 2.70. The molecule has 2 nitrogen and oxygen atoms in total. The van der Waals surface area contributed by atoms with Crippen LogP contribution in [0.2, 0.25) is 0 Å². The molecular weight excluding hydrogens is 232 g/mol. The van der Waals surface area contributed by atoms with Gasteiger partial charge in [-0.2, -0.15) is 0 Å². The lowest BCUT2D eigenvalue weighted by molar-refractivity contribution is 0.201. The normalized spacial score (nSPS) is 21.6. The van der Waals surface area contributed by atoms with Gasteiger partial charge in [0.25, 0.3) is 0 Å². The molecule has 0 radical (unpaired) electrons. The van der Waals surface area contributed by atoms with Crippen LogP contribution in [0.15, 0.2) is 35.9 Å². The van der Waals surface area contributed by atoms with E-state index in [-0.39, 0.29) is 0 Å². The monoisotopic (exact) mass is 258 g/mol. The van der Waals surface area contributed by atoms with Crippen molar-refractivity contribution in [2.75, 3.05) is 26.2 Å².